The second-order valence-electron chi connectivity index (χ2n) is 12.3. The molecule has 0 spiro atoms. The number of piperazine rings is 1. The van der Waals surface area contributed by atoms with Crippen LogP contribution >= 0.6 is 11.8 Å². The average molecular weight is 657 g/mol. The Hall–Kier alpha value is -3.72. The minimum atomic E-state index is -1.19. The Morgan fingerprint density at radius 3 is 2.48 bits per heavy atom. The highest BCUT2D eigenvalue weighted by atomic mass is 32.2. The number of carbonyl (C=O) groups excluding carboxylic acids is 3. The third kappa shape index (κ3) is 4.44. The number of thioether (sulfide) groups is 1. The van der Waals surface area contributed by atoms with Crippen molar-refractivity contribution in [2.75, 3.05) is 33.3 Å². The fourth-order valence-electron chi connectivity index (χ4n) is 8.04. The number of benzene rings is 2. The number of carbonyl (C=O) groups is 3. The fourth-order valence-corrected chi connectivity index (χ4v) is 9.52. The predicted octanol–water partition coefficient (Wildman–Crippen LogP) is 2.59. The lowest BCUT2D eigenvalue weighted by atomic mass is 9.73. The Kier molecular flexibility index (Phi) is 7.54. The average Bonchev–Trinajstić information content (AvgIpc) is 3.48. The first kappa shape index (κ1) is 30.9. The molecule has 46 heavy (non-hydrogen) atoms. The molecule has 14 heteroatoms. The Bertz CT molecular complexity index is 1660. The lowest BCUT2D eigenvalue weighted by Gasteiger charge is -2.62. The summed E-state index contributed by atoms with van der Waals surface area (Å²) in [6.07, 6.45) is -1.79. The van der Waals surface area contributed by atoms with Gasteiger partial charge < -0.3 is 38.6 Å². The number of aromatic hydroxyl groups is 1. The highest BCUT2D eigenvalue weighted by Crippen LogP contribution is 2.63. The summed E-state index contributed by atoms with van der Waals surface area (Å²) in [4.78, 5) is 41.9. The van der Waals surface area contributed by atoms with Gasteiger partial charge in [0.2, 0.25) is 12.9 Å². The molecule has 246 valence electrons. The van der Waals surface area contributed by atoms with Gasteiger partial charge in [0.05, 0.1) is 30.5 Å². The Morgan fingerprint density at radius 2 is 1.78 bits per heavy atom. The van der Waals surface area contributed by atoms with E-state index in [1.165, 1.54) is 32.7 Å². The molecule has 2 aromatic rings. The van der Waals surface area contributed by atoms with E-state index in [0.717, 1.165) is 11.1 Å². The summed E-state index contributed by atoms with van der Waals surface area (Å²) in [5.41, 5.74) is 4.14. The molecule has 2 saturated heterocycles. The molecule has 5 aliphatic rings. The molecule has 2 N–H and O–H groups in total. The van der Waals surface area contributed by atoms with Crippen molar-refractivity contribution in [2.24, 2.45) is 0 Å². The molecule has 7 atom stereocenters. The Balaban J connectivity index is 1.52. The number of likely N-dealkylation sites (N-methyl/N-ethyl adjacent to an activating group) is 1. The van der Waals surface area contributed by atoms with E-state index < -0.39 is 53.6 Å². The summed E-state index contributed by atoms with van der Waals surface area (Å²) in [7, 11) is 3.43. The third-order valence-corrected chi connectivity index (χ3v) is 11.1. The summed E-state index contributed by atoms with van der Waals surface area (Å²) in [6, 6.07) is -0.231. The smallest absolute Gasteiger partial charge is 0.348 e. The van der Waals surface area contributed by atoms with E-state index in [2.05, 4.69) is 4.90 Å². The van der Waals surface area contributed by atoms with Gasteiger partial charge in [-0.25, -0.2) is 4.79 Å². The van der Waals surface area contributed by atoms with E-state index in [0.29, 0.717) is 51.7 Å². The summed E-state index contributed by atoms with van der Waals surface area (Å²) in [5, 5.41) is 23.4. The zero-order valence-corrected chi connectivity index (χ0v) is 27.1. The molecule has 0 saturated carbocycles. The number of phenols is 1. The molecule has 4 bridgehead atoms. The number of aryl methyl sites for hydroxylation is 1. The maximum atomic E-state index is 13.3. The lowest BCUT2D eigenvalue weighted by molar-refractivity contribution is -0.188. The van der Waals surface area contributed by atoms with Crippen molar-refractivity contribution in [1.29, 1.82) is 0 Å². The van der Waals surface area contributed by atoms with Crippen molar-refractivity contribution in [3.8, 4) is 28.7 Å². The van der Waals surface area contributed by atoms with Crippen molar-refractivity contribution in [3.63, 3.8) is 0 Å². The van der Waals surface area contributed by atoms with E-state index in [-0.39, 0.29) is 30.9 Å². The van der Waals surface area contributed by atoms with E-state index in [9.17, 15) is 24.6 Å². The van der Waals surface area contributed by atoms with Gasteiger partial charge >= 0.3 is 17.9 Å². The van der Waals surface area contributed by atoms with E-state index in [1.807, 2.05) is 24.9 Å². The van der Waals surface area contributed by atoms with Crippen LogP contribution in [0.5, 0.6) is 28.7 Å². The fraction of sp³-hybridized carbons (Fsp3) is 0.531. The van der Waals surface area contributed by atoms with Gasteiger partial charge in [0.1, 0.15) is 18.6 Å². The zero-order chi connectivity index (χ0) is 32.8. The summed E-state index contributed by atoms with van der Waals surface area (Å²) < 4.78 is 34.7. The molecule has 2 aromatic carbocycles. The summed E-state index contributed by atoms with van der Waals surface area (Å²) >= 11 is 1.32. The number of cyclic esters (lactones) is 1. The quantitative estimate of drug-likeness (QED) is 0.368. The number of nitrogens with zero attached hydrogens (tertiary/aromatic N) is 2. The predicted molar refractivity (Wildman–Crippen MR) is 162 cm³/mol. The monoisotopic (exact) mass is 656 g/mol. The van der Waals surface area contributed by atoms with Crippen LogP contribution in [-0.4, -0.2) is 95.6 Å². The third-order valence-electron chi connectivity index (χ3n) is 9.76. The zero-order valence-electron chi connectivity index (χ0n) is 26.3. The minimum absolute atomic E-state index is 0.0105. The van der Waals surface area contributed by atoms with Gasteiger partial charge in [-0.1, -0.05) is 6.07 Å². The van der Waals surface area contributed by atoms with Gasteiger partial charge in [0, 0.05) is 47.9 Å². The van der Waals surface area contributed by atoms with E-state index in [4.69, 9.17) is 28.4 Å². The van der Waals surface area contributed by atoms with Crippen molar-refractivity contribution in [2.45, 2.75) is 75.9 Å². The van der Waals surface area contributed by atoms with Crippen LogP contribution in [0.3, 0.4) is 0 Å². The van der Waals surface area contributed by atoms with Crippen LogP contribution in [0.15, 0.2) is 6.07 Å². The number of rotatable bonds is 3. The number of hydrogen-bond acceptors (Lipinski definition) is 14. The molecule has 0 amide bonds. The van der Waals surface area contributed by atoms with Crippen LogP contribution in [-0.2, 0) is 30.3 Å². The van der Waals surface area contributed by atoms with Crippen LogP contribution in [0.2, 0.25) is 0 Å². The number of aliphatic hydroxyl groups excluding tert-OH is 1. The molecule has 0 radical (unpaired) electrons. The van der Waals surface area contributed by atoms with Crippen molar-refractivity contribution in [3.05, 3.63) is 39.4 Å². The number of phenolic OH excluding ortho intramolecular Hbond substituents is 1. The number of ether oxygens (including phenoxy) is 6. The van der Waals surface area contributed by atoms with Crippen LogP contribution in [0.4, 0.5) is 0 Å². The molecule has 0 aromatic heterocycles. The number of aliphatic hydroxyl groups is 1. The number of methoxy groups -OCH3 is 1. The van der Waals surface area contributed by atoms with Gasteiger partial charge in [0.25, 0.3) is 0 Å². The van der Waals surface area contributed by atoms with Crippen molar-refractivity contribution >= 4 is 29.7 Å². The maximum Gasteiger partial charge on any atom is 0.348 e. The first-order valence-electron chi connectivity index (χ1n) is 15.1. The maximum absolute atomic E-state index is 13.3. The minimum Gasteiger partial charge on any atom is -0.504 e. The second kappa shape index (κ2) is 11.2. The van der Waals surface area contributed by atoms with Crippen molar-refractivity contribution in [1.82, 2.24) is 9.80 Å². The number of hydrogen-bond donors (Lipinski definition) is 2. The van der Waals surface area contributed by atoms with Gasteiger partial charge in [-0.15, -0.1) is 11.8 Å². The van der Waals surface area contributed by atoms with Gasteiger partial charge in [-0.2, -0.15) is 0 Å². The second-order valence-corrected chi connectivity index (χ2v) is 13.5. The van der Waals surface area contributed by atoms with Crippen LogP contribution in [0.1, 0.15) is 64.6 Å². The molecule has 5 heterocycles. The topological polar surface area (TPSA) is 154 Å². The summed E-state index contributed by atoms with van der Waals surface area (Å²) in [5.74, 6) is -0.332. The van der Waals surface area contributed by atoms with E-state index in [1.54, 1.807) is 6.92 Å². The standard InChI is InChI=1S/C32H36N2O11S/c1-12-7-16-8-17-31(38)34-18-9-41-32(39)19(44-14(3)35)10-46-30(24(34)23(33(17)5)20(16)25(37)26(12)40-6)22-21(18)29-28(42-11-43-29)13(2)27(22)45-15(4)36/h7,17-19,23-24,30-31,37-38H,8-11H2,1-6H3/t17-,18+,19+,23+,24?,30-,31+/m1/s1. The molecule has 2 fully saturated rings. The lowest BCUT2D eigenvalue weighted by Crippen LogP contribution is -2.69. The van der Waals surface area contributed by atoms with Crippen LogP contribution in [0, 0.1) is 13.8 Å². The Labute approximate surface area is 269 Å². The molecule has 0 aliphatic carbocycles. The highest BCUT2D eigenvalue weighted by Gasteiger charge is 2.60. The van der Waals surface area contributed by atoms with Gasteiger partial charge in [-0.05, 0) is 38.4 Å². The number of fused-ring (bicyclic) bond motifs is 9. The SMILES string of the molecule is COc1c(C)cc2c(c1O)[C@H]1C3[C@@H]4SC[C@H](OC(C)=O)C(=O)OC[C@@H](c5c6c(c(C)c(OC(C)=O)c54)OCO6)N3[C@@H](O)[C@@H](C2)N1C. The van der Waals surface area contributed by atoms with Gasteiger partial charge in [0.15, 0.2) is 23.0 Å². The van der Waals surface area contributed by atoms with Crippen molar-refractivity contribution < 1.29 is 53.0 Å². The normalized spacial score (nSPS) is 29.6. The molecular weight excluding hydrogens is 620 g/mol. The summed E-state index contributed by atoms with van der Waals surface area (Å²) in [6.45, 7) is 5.91. The van der Waals surface area contributed by atoms with Gasteiger partial charge in [-0.3, -0.25) is 19.4 Å². The largest absolute Gasteiger partial charge is 0.504 e. The molecule has 5 aliphatic heterocycles. The first-order chi connectivity index (χ1) is 21.9. The molecule has 13 nitrogen and oxygen atoms in total. The Morgan fingerprint density at radius 1 is 1.04 bits per heavy atom. The van der Waals surface area contributed by atoms with Crippen LogP contribution < -0.4 is 18.9 Å². The highest BCUT2D eigenvalue weighted by molar-refractivity contribution is 7.99. The number of esters is 3. The molecule has 7 rings (SSSR count). The molecular formula is C32H36N2O11S. The first-order valence-corrected chi connectivity index (χ1v) is 16.2. The van der Waals surface area contributed by atoms with E-state index >= 15 is 0 Å². The molecule has 1 unspecified atom stereocenters. The van der Waals surface area contributed by atoms with Crippen LogP contribution in [0.25, 0.3) is 0 Å².